The molecule has 0 aliphatic carbocycles. The molecule has 0 spiro atoms. The molecule has 0 fully saturated rings. The summed E-state index contributed by atoms with van der Waals surface area (Å²) in [6.45, 7) is 3.60. The first-order valence-corrected chi connectivity index (χ1v) is 8.98. The van der Waals surface area contributed by atoms with Crippen molar-refractivity contribution in [1.29, 1.82) is 0 Å². The number of nitrogens with zero attached hydrogens (tertiary/aromatic N) is 2. The maximum atomic E-state index is 13.0. The van der Waals surface area contributed by atoms with Crippen LogP contribution in [-0.2, 0) is 17.4 Å². The third-order valence-corrected chi connectivity index (χ3v) is 4.50. The van der Waals surface area contributed by atoms with E-state index in [4.69, 9.17) is 0 Å². The first-order chi connectivity index (χ1) is 13.8. The van der Waals surface area contributed by atoms with Crippen molar-refractivity contribution in [1.82, 2.24) is 9.99 Å². The normalized spacial score (nSPS) is 11.8. The van der Waals surface area contributed by atoms with Gasteiger partial charge in [-0.25, -0.2) is 5.43 Å². The zero-order chi connectivity index (χ0) is 21.0. The molecule has 0 aliphatic rings. The van der Waals surface area contributed by atoms with Crippen LogP contribution < -0.4 is 5.43 Å². The Morgan fingerprint density at radius 2 is 1.79 bits per heavy atom. The lowest BCUT2D eigenvalue weighted by Crippen LogP contribution is -2.19. The van der Waals surface area contributed by atoms with E-state index in [1.54, 1.807) is 24.5 Å². The van der Waals surface area contributed by atoms with Gasteiger partial charge in [0.2, 0.25) is 5.91 Å². The van der Waals surface area contributed by atoms with Gasteiger partial charge in [0.1, 0.15) is 0 Å². The molecule has 0 radical (unpaired) electrons. The Bertz CT molecular complexity index is 1040. The number of alkyl halides is 3. The van der Waals surface area contributed by atoms with Crippen molar-refractivity contribution in [3.8, 4) is 5.69 Å². The predicted octanol–water partition coefficient (Wildman–Crippen LogP) is 4.81. The van der Waals surface area contributed by atoms with Crippen LogP contribution in [-0.4, -0.2) is 16.7 Å². The number of rotatable bonds is 5. The van der Waals surface area contributed by atoms with Gasteiger partial charge in [0, 0.05) is 22.6 Å². The van der Waals surface area contributed by atoms with E-state index in [1.807, 2.05) is 36.4 Å². The van der Waals surface area contributed by atoms with Crippen molar-refractivity contribution >= 4 is 12.1 Å². The van der Waals surface area contributed by atoms with Gasteiger partial charge in [-0.3, -0.25) is 4.79 Å². The highest BCUT2D eigenvalue weighted by Crippen LogP contribution is 2.31. The molecule has 1 N–H and O–H groups in total. The van der Waals surface area contributed by atoms with Crippen LogP contribution in [0.1, 0.15) is 28.1 Å². The third kappa shape index (κ3) is 4.93. The van der Waals surface area contributed by atoms with Gasteiger partial charge in [-0.15, -0.1) is 0 Å². The molecule has 3 aromatic rings. The molecule has 0 aliphatic heterocycles. The molecule has 0 unspecified atom stereocenters. The highest BCUT2D eigenvalue weighted by atomic mass is 19.4. The predicted molar refractivity (Wildman–Crippen MR) is 106 cm³/mol. The molecule has 0 saturated heterocycles. The number of hydrazone groups is 1. The van der Waals surface area contributed by atoms with Crippen molar-refractivity contribution in [2.75, 3.05) is 0 Å². The molecule has 150 valence electrons. The van der Waals surface area contributed by atoms with Gasteiger partial charge < -0.3 is 4.57 Å². The number of amides is 1. The Hall–Kier alpha value is -3.35. The average molecular weight is 399 g/mol. The summed E-state index contributed by atoms with van der Waals surface area (Å²) in [5, 5.41) is 3.99. The van der Waals surface area contributed by atoms with Crippen LogP contribution in [0.4, 0.5) is 13.2 Å². The highest BCUT2D eigenvalue weighted by Gasteiger charge is 2.30. The van der Waals surface area contributed by atoms with Gasteiger partial charge in [-0.05, 0) is 43.7 Å². The SMILES string of the molecule is Cc1cc(/C=N/NC(=O)Cc2ccccc2)c(C)n1-c1cccc(C(F)(F)F)c1. The number of carbonyl (C=O) groups excluding carboxylic acids is 1. The van der Waals surface area contributed by atoms with Crippen molar-refractivity contribution in [3.05, 3.63) is 88.7 Å². The van der Waals surface area contributed by atoms with Gasteiger partial charge in [-0.1, -0.05) is 36.4 Å². The molecule has 0 atom stereocenters. The zero-order valence-electron chi connectivity index (χ0n) is 16.0. The van der Waals surface area contributed by atoms with Crippen LogP contribution in [0.5, 0.6) is 0 Å². The van der Waals surface area contributed by atoms with E-state index < -0.39 is 11.7 Å². The quantitative estimate of drug-likeness (QED) is 0.486. The van der Waals surface area contributed by atoms with Crippen molar-refractivity contribution in [2.24, 2.45) is 5.10 Å². The standard InChI is InChI=1S/C22H20F3N3O/c1-15-11-18(14-26-27-21(29)12-17-7-4-3-5-8-17)16(2)28(15)20-10-6-9-19(13-20)22(23,24)25/h3-11,13-14H,12H2,1-2H3,(H,27,29)/b26-14+. The molecular weight excluding hydrogens is 379 g/mol. The molecule has 1 amide bonds. The minimum absolute atomic E-state index is 0.210. The number of aryl methyl sites for hydroxylation is 1. The number of carbonyl (C=O) groups is 1. The molecule has 3 rings (SSSR count). The number of hydrogen-bond donors (Lipinski definition) is 1. The summed E-state index contributed by atoms with van der Waals surface area (Å²) in [4.78, 5) is 12.0. The van der Waals surface area contributed by atoms with Crippen molar-refractivity contribution in [2.45, 2.75) is 26.4 Å². The van der Waals surface area contributed by atoms with Crippen LogP contribution in [0, 0.1) is 13.8 Å². The van der Waals surface area contributed by atoms with Crippen LogP contribution in [0.15, 0.2) is 65.8 Å². The van der Waals surface area contributed by atoms with E-state index in [-0.39, 0.29) is 12.3 Å². The summed E-state index contributed by atoms with van der Waals surface area (Å²) in [5.74, 6) is -0.251. The Morgan fingerprint density at radius 1 is 1.07 bits per heavy atom. The largest absolute Gasteiger partial charge is 0.416 e. The summed E-state index contributed by atoms with van der Waals surface area (Å²) >= 11 is 0. The molecule has 2 aromatic carbocycles. The van der Waals surface area contributed by atoms with E-state index in [0.29, 0.717) is 11.3 Å². The van der Waals surface area contributed by atoms with Gasteiger partial charge in [-0.2, -0.15) is 18.3 Å². The Labute approximate surface area is 166 Å². The molecule has 1 heterocycles. The van der Waals surface area contributed by atoms with E-state index >= 15 is 0 Å². The van der Waals surface area contributed by atoms with Crippen LogP contribution in [0.25, 0.3) is 5.69 Å². The topological polar surface area (TPSA) is 46.4 Å². The number of halogens is 3. The first-order valence-electron chi connectivity index (χ1n) is 8.98. The van der Waals surface area contributed by atoms with E-state index in [9.17, 15) is 18.0 Å². The summed E-state index contributed by atoms with van der Waals surface area (Å²) in [6.07, 6.45) is -2.70. The second-order valence-electron chi connectivity index (χ2n) is 6.67. The summed E-state index contributed by atoms with van der Waals surface area (Å²) in [6, 6.07) is 16.3. The fourth-order valence-corrected chi connectivity index (χ4v) is 3.13. The molecule has 4 nitrogen and oxygen atoms in total. The van der Waals surface area contributed by atoms with Crippen LogP contribution in [0.2, 0.25) is 0 Å². The number of aromatic nitrogens is 1. The minimum atomic E-state index is -4.40. The van der Waals surface area contributed by atoms with Crippen LogP contribution >= 0.6 is 0 Å². The van der Waals surface area contributed by atoms with Crippen LogP contribution in [0.3, 0.4) is 0 Å². The summed E-state index contributed by atoms with van der Waals surface area (Å²) < 4.78 is 40.8. The fourth-order valence-electron chi connectivity index (χ4n) is 3.13. The van der Waals surface area contributed by atoms with Crippen molar-refractivity contribution < 1.29 is 18.0 Å². The summed E-state index contributed by atoms with van der Waals surface area (Å²) in [7, 11) is 0. The van der Waals surface area contributed by atoms with E-state index in [2.05, 4.69) is 10.5 Å². The van der Waals surface area contributed by atoms with Gasteiger partial charge in [0.05, 0.1) is 18.2 Å². The number of hydrogen-bond acceptors (Lipinski definition) is 2. The second kappa shape index (κ2) is 8.34. The van der Waals surface area contributed by atoms with Crippen molar-refractivity contribution in [3.63, 3.8) is 0 Å². The fraction of sp³-hybridized carbons (Fsp3) is 0.182. The maximum Gasteiger partial charge on any atom is 0.416 e. The Kier molecular flexibility index (Phi) is 5.87. The smallest absolute Gasteiger partial charge is 0.318 e. The molecule has 0 saturated carbocycles. The Balaban J connectivity index is 1.76. The summed E-state index contributed by atoms with van der Waals surface area (Å²) in [5.41, 5.74) is 5.27. The molecule has 29 heavy (non-hydrogen) atoms. The Morgan fingerprint density at radius 3 is 2.48 bits per heavy atom. The minimum Gasteiger partial charge on any atom is -0.318 e. The lowest BCUT2D eigenvalue weighted by molar-refractivity contribution is -0.137. The van der Waals surface area contributed by atoms with Gasteiger partial charge in [0.25, 0.3) is 0 Å². The lowest BCUT2D eigenvalue weighted by atomic mass is 10.1. The molecule has 0 bridgehead atoms. The molecular formula is C22H20F3N3O. The van der Waals surface area contributed by atoms with Gasteiger partial charge in [0.15, 0.2) is 0 Å². The maximum absolute atomic E-state index is 13.0. The van der Waals surface area contributed by atoms with E-state index in [0.717, 1.165) is 29.1 Å². The second-order valence-corrected chi connectivity index (χ2v) is 6.67. The first kappa shape index (κ1) is 20.4. The van der Waals surface area contributed by atoms with E-state index in [1.165, 1.54) is 12.3 Å². The molecule has 1 aromatic heterocycles. The highest BCUT2D eigenvalue weighted by molar-refractivity contribution is 5.84. The molecule has 7 heteroatoms. The zero-order valence-corrected chi connectivity index (χ0v) is 16.0. The lowest BCUT2D eigenvalue weighted by Gasteiger charge is -2.13. The third-order valence-electron chi connectivity index (χ3n) is 4.50. The number of nitrogens with one attached hydrogen (secondary N) is 1. The average Bonchev–Trinajstić information content (AvgIpc) is 2.95. The van der Waals surface area contributed by atoms with Gasteiger partial charge >= 0.3 is 6.18 Å². The number of benzene rings is 2. The monoisotopic (exact) mass is 399 g/mol.